The molecule has 0 nitrogen and oxygen atoms in total. The van der Waals surface area contributed by atoms with Crippen molar-refractivity contribution >= 4 is 0 Å². The van der Waals surface area contributed by atoms with E-state index in [1.807, 2.05) is 0 Å². The second-order valence-electron chi connectivity index (χ2n) is 36.0. The van der Waals surface area contributed by atoms with Crippen molar-refractivity contribution in [3.8, 4) is 0 Å². The van der Waals surface area contributed by atoms with E-state index in [4.69, 9.17) is 0 Å². The first-order valence-electron chi connectivity index (χ1n) is 28.2. The van der Waals surface area contributed by atoms with Gasteiger partial charge in [0.2, 0.25) is 0 Å². The van der Waals surface area contributed by atoms with Crippen LogP contribution in [0.2, 0.25) is 0 Å². The summed E-state index contributed by atoms with van der Waals surface area (Å²) in [7, 11) is 0. The second-order valence-corrected chi connectivity index (χ2v) is 36.0. The first-order chi connectivity index (χ1) is 28.2. The van der Waals surface area contributed by atoms with Crippen molar-refractivity contribution in [3.63, 3.8) is 0 Å². The zero-order chi connectivity index (χ0) is 41.2. The lowest BCUT2D eigenvalue weighted by molar-refractivity contribution is -1.02. The van der Waals surface area contributed by atoms with Gasteiger partial charge in [0.15, 0.2) is 0 Å². The van der Waals surface area contributed by atoms with Gasteiger partial charge in [0.25, 0.3) is 0 Å². The van der Waals surface area contributed by atoms with Crippen LogP contribution in [0.4, 0.5) is 0 Å². The summed E-state index contributed by atoms with van der Waals surface area (Å²) in [4.78, 5) is 0. The maximum Gasteiger partial charge on any atom is -0.00547 e. The van der Waals surface area contributed by atoms with Crippen LogP contribution in [0.25, 0.3) is 0 Å². The van der Waals surface area contributed by atoms with Gasteiger partial charge in [-0.05, 0) is 235 Å². The third-order valence-electron chi connectivity index (χ3n) is 46.4. The molecule has 61 heavy (non-hydrogen) atoms. The minimum Gasteiger partial charge on any atom is -0.0617 e. The molecule has 26 rings (SSSR count). The van der Waals surface area contributed by atoms with Crippen LogP contribution in [0.5, 0.6) is 0 Å². The van der Waals surface area contributed by atoms with E-state index in [9.17, 15) is 0 Å². The van der Waals surface area contributed by atoms with Crippen LogP contribution in [-0.2, 0) is 0 Å². The van der Waals surface area contributed by atoms with Gasteiger partial charge in [-0.3, -0.25) is 0 Å². The zero-order valence-electron chi connectivity index (χ0n) is 41.2. The molecule has 0 aromatic heterocycles. The first kappa shape index (κ1) is 29.7. The molecule has 0 aromatic rings. The fourth-order valence-electron chi connectivity index (χ4n) is 51.7. The Morgan fingerprint density at radius 1 is 0.213 bits per heavy atom. The van der Waals surface area contributed by atoms with Gasteiger partial charge >= 0.3 is 0 Å². The second kappa shape index (κ2) is 4.87. The molecule has 316 valence electrons. The fraction of sp³-hybridized carbons (Fsp3) is 1.00. The molecule has 0 heterocycles. The van der Waals surface area contributed by atoms with Crippen molar-refractivity contribution in [2.75, 3.05) is 0 Å². The third kappa shape index (κ3) is 0.841. The number of fused-ring (bicyclic) bond motifs is 22. The molecule has 26 fully saturated rings. The summed E-state index contributed by atoms with van der Waals surface area (Å²) in [5.74, 6) is 16.7. The van der Waals surface area contributed by atoms with Crippen molar-refractivity contribution in [3.05, 3.63) is 0 Å². The predicted molar refractivity (Wildman–Crippen MR) is 226 cm³/mol. The van der Waals surface area contributed by atoms with Crippen LogP contribution in [-0.4, -0.2) is 0 Å². The molecule has 0 radical (unpaired) electrons. The first-order valence-corrected chi connectivity index (χ1v) is 28.2. The van der Waals surface area contributed by atoms with Gasteiger partial charge in [-0.25, -0.2) is 0 Å². The van der Waals surface area contributed by atoms with Gasteiger partial charge < -0.3 is 0 Å². The highest BCUT2D eigenvalue weighted by molar-refractivity contribution is 5.93. The van der Waals surface area contributed by atoms with Gasteiger partial charge in [-0.2, -0.15) is 0 Å². The molecule has 41 atom stereocenters. The van der Waals surface area contributed by atoms with E-state index in [0.717, 1.165) is 113 Å². The van der Waals surface area contributed by atoms with Crippen molar-refractivity contribution in [1.29, 1.82) is 0 Å². The van der Waals surface area contributed by atoms with Gasteiger partial charge in [0.1, 0.15) is 0 Å². The molecular weight excluding hydrogens is 733 g/mol. The minimum absolute atomic E-state index is 0.463. The molecule has 26 aliphatic carbocycles. The summed E-state index contributed by atoms with van der Waals surface area (Å²) >= 11 is 0. The fourth-order valence-corrected chi connectivity index (χ4v) is 51.7. The predicted octanol–water partition coefficient (Wildman–Crippen LogP) is 11.6. The molecule has 26 aliphatic rings. The normalized spacial score (nSPS) is 111. The van der Waals surface area contributed by atoms with Crippen LogP contribution >= 0.6 is 0 Å². The summed E-state index contributed by atoms with van der Waals surface area (Å²) in [6.45, 7) is 57.3. The molecular formula is C61H72. The van der Waals surface area contributed by atoms with Crippen LogP contribution in [0, 0.1) is 235 Å². The smallest absolute Gasteiger partial charge is 0.00547 e. The molecule has 0 N–H and O–H groups in total. The maximum atomic E-state index is 3.19. The molecule has 0 aromatic carbocycles. The number of rotatable bonds is 0. The van der Waals surface area contributed by atoms with Gasteiger partial charge in [0, 0.05) is 0 Å². The SMILES string of the molecule is CC1C2C(C)C3(C)C4(C)C5(C)C6(C)C7(C)C8(C)C9(C)C%10(C)C%11(C)C%12(C)C%13(C)C%14(C)C(C)(C)C%15(C)C(C)C%16C%17C%18C%19C%20C%21C%22C%23C%24C%25C%26C1(C)C23C%264C%255C%246C%237C%228C%219C%20%10C%19%11C%18%12C%17%13C%16%15%14. The molecule has 12 spiro atoms. The zero-order valence-corrected chi connectivity index (χ0v) is 41.2. The molecule has 41 unspecified atom stereocenters. The summed E-state index contributed by atoms with van der Waals surface area (Å²) in [6.07, 6.45) is 0. The van der Waals surface area contributed by atoms with E-state index in [2.05, 4.69) is 132 Å². The minimum atomic E-state index is 0.463. The molecule has 0 heteroatoms. The Morgan fingerprint density at radius 3 is 0.918 bits per heavy atom. The van der Waals surface area contributed by atoms with Crippen molar-refractivity contribution in [2.45, 2.75) is 132 Å². The lowest BCUT2D eigenvalue weighted by atomic mass is 8.56. The number of hydrogen-bond acceptors (Lipinski definition) is 0. The van der Waals surface area contributed by atoms with E-state index in [-0.39, 0.29) is 0 Å². The Hall–Kier alpha value is 0. The maximum absolute atomic E-state index is 3.19. The molecule has 0 aliphatic heterocycles. The topological polar surface area (TPSA) is 0 Å². The summed E-state index contributed by atoms with van der Waals surface area (Å²) in [6, 6.07) is 0. The van der Waals surface area contributed by atoms with Crippen LogP contribution in [0.15, 0.2) is 0 Å². The van der Waals surface area contributed by atoms with E-state index in [1.54, 1.807) is 0 Å². The molecule has 0 amide bonds. The van der Waals surface area contributed by atoms with Gasteiger partial charge in [-0.15, -0.1) is 0 Å². The van der Waals surface area contributed by atoms with E-state index >= 15 is 0 Å². The summed E-state index contributed by atoms with van der Waals surface area (Å²) in [5.41, 5.74) is 17.7. The highest BCUT2D eigenvalue weighted by Gasteiger charge is 3.48. The average Bonchev–Trinajstić information content (AvgIpc) is 3.19. The highest BCUT2D eigenvalue weighted by Crippen LogP contribution is 3.50. The Morgan fingerprint density at radius 2 is 0.508 bits per heavy atom. The standard InChI is InChI=1S/C61H72/c1-20-23-21(2)38(8)40(10)42(12)44(14)46(16)48(18)49(19)47(17)45(15)43(13)41(11)39(9)35(4,5)37(7)22(3)24-25-26-27-28-29-30-31-32-33-34-36(20,6)50(23,38)61(34,40)60(33,42)59(32,44)58(31,46)57(30,48)56(29,49)55(28,47)54(27,45)53(26,43)52(25,41)51(24,37)39/h20-34H,1-19H3. The third-order valence-corrected chi connectivity index (χ3v) is 46.4. The highest BCUT2D eigenvalue weighted by atomic mass is 15.5. The Bertz CT molecular complexity index is 3180. The van der Waals surface area contributed by atoms with Crippen LogP contribution < -0.4 is 0 Å². The Balaban J connectivity index is 0.754. The lowest BCUT2D eigenvalue weighted by Crippen LogP contribution is -3.45. The van der Waals surface area contributed by atoms with Crippen molar-refractivity contribution in [1.82, 2.24) is 0 Å². The molecule has 0 saturated heterocycles. The lowest BCUT2D eigenvalue weighted by Gasteiger charge is -3.47. The summed E-state index contributed by atoms with van der Waals surface area (Å²) < 4.78 is 0. The van der Waals surface area contributed by atoms with Gasteiger partial charge in [-0.1, -0.05) is 132 Å². The molecule has 26 saturated carbocycles. The van der Waals surface area contributed by atoms with E-state index in [0.29, 0.717) is 86.6 Å². The van der Waals surface area contributed by atoms with Crippen LogP contribution in [0.1, 0.15) is 132 Å². The number of hydrogen-bond donors (Lipinski definition) is 0. The van der Waals surface area contributed by atoms with Crippen molar-refractivity contribution in [2.24, 2.45) is 235 Å². The largest absolute Gasteiger partial charge is 0.0617 e. The van der Waals surface area contributed by atoms with E-state index in [1.165, 1.54) is 35.5 Å². The summed E-state index contributed by atoms with van der Waals surface area (Å²) in [5, 5.41) is 0. The molecule has 0 bridgehead atoms. The monoisotopic (exact) mass is 805 g/mol. The van der Waals surface area contributed by atoms with Gasteiger partial charge in [0.05, 0.1) is 0 Å². The Kier molecular flexibility index (Phi) is 2.37. The Labute approximate surface area is 364 Å². The van der Waals surface area contributed by atoms with Crippen molar-refractivity contribution < 1.29 is 0 Å². The van der Waals surface area contributed by atoms with Crippen LogP contribution in [0.3, 0.4) is 0 Å². The quantitative estimate of drug-likeness (QED) is 0.229. The van der Waals surface area contributed by atoms with E-state index < -0.39 is 0 Å². The average molecular weight is 805 g/mol.